The molecule has 1 aromatic heterocycles. The number of hydrogen-bond acceptors (Lipinski definition) is 4. The van der Waals surface area contributed by atoms with E-state index in [1.54, 1.807) is 11.3 Å². The highest BCUT2D eigenvalue weighted by Crippen LogP contribution is 2.21. The van der Waals surface area contributed by atoms with Gasteiger partial charge in [0, 0.05) is 36.5 Å². The molecule has 1 aromatic rings. The van der Waals surface area contributed by atoms with Crippen LogP contribution in [-0.4, -0.2) is 34.4 Å². The van der Waals surface area contributed by atoms with Crippen LogP contribution in [0.25, 0.3) is 0 Å². The van der Waals surface area contributed by atoms with Crippen LogP contribution in [0.3, 0.4) is 0 Å². The van der Waals surface area contributed by atoms with E-state index in [1.807, 2.05) is 0 Å². The maximum Gasteiger partial charge on any atom is 0.220 e. The molecule has 1 atom stereocenters. The number of carbonyl (C=O) groups is 1. The van der Waals surface area contributed by atoms with E-state index >= 15 is 0 Å². The molecular weight excluding hydrogens is 258 g/mol. The van der Waals surface area contributed by atoms with E-state index < -0.39 is 0 Å². The summed E-state index contributed by atoms with van der Waals surface area (Å²) in [5.74, 6) is 0.193. The molecule has 0 aliphatic carbocycles. The molecule has 2 rings (SSSR count). The van der Waals surface area contributed by atoms with Crippen molar-refractivity contribution in [2.75, 3.05) is 6.54 Å². The fraction of sp³-hybridized carbons (Fsp3) is 0.714. The van der Waals surface area contributed by atoms with Crippen molar-refractivity contribution in [2.24, 2.45) is 0 Å². The number of nitrogens with zero attached hydrogens (tertiary/aromatic N) is 2. The Hall–Kier alpha value is -0.940. The van der Waals surface area contributed by atoms with Crippen molar-refractivity contribution < 1.29 is 4.79 Å². The predicted octanol–water partition coefficient (Wildman–Crippen LogP) is 2.25. The molecule has 0 unspecified atom stereocenters. The molecule has 5 heteroatoms. The van der Waals surface area contributed by atoms with Crippen molar-refractivity contribution in [3.05, 3.63) is 15.6 Å². The van der Waals surface area contributed by atoms with E-state index in [0.717, 1.165) is 30.2 Å². The summed E-state index contributed by atoms with van der Waals surface area (Å²) < 4.78 is 0. The molecule has 4 nitrogen and oxygen atoms in total. The van der Waals surface area contributed by atoms with E-state index in [4.69, 9.17) is 0 Å². The zero-order valence-corrected chi connectivity index (χ0v) is 13.0. The molecule has 106 valence electrons. The lowest BCUT2D eigenvalue weighted by molar-refractivity contribution is -0.119. The van der Waals surface area contributed by atoms with Gasteiger partial charge in [-0.25, -0.2) is 4.98 Å². The number of thiazole rings is 1. The SMILES string of the molecule is Cc1nc(C)c(CN(C[C@H]2CCC(=O)N2)C(C)C)s1. The second-order valence-corrected chi connectivity index (χ2v) is 6.86. The highest BCUT2D eigenvalue weighted by atomic mass is 32.1. The third-order valence-electron chi connectivity index (χ3n) is 3.62. The van der Waals surface area contributed by atoms with E-state index in [0.29, 0.717) is 18.5 Å². The van der Waals surface area contributed by atoms with Crippen LogP contribution in [0.2, 0.25) is 0 Å². The van der Waals surface area contributed by atoms with E-state index in [2.05, 4.69) is 42.9 Å². The van der Waals surface area contributed by atoms with Gasteiger partial charge >= 0.3 is 0 Å². The summed E-state index contributed by atoms with van der Waals surface area (Å²) in [6.07, 6.45) is 1.64. The van der Waals surface area contributed by atoms with Crippen molar-refractivity contribution in [2.45, 2.75) is 59.2 Å². The lowest BCUT2D eigenvalue weighted by atomic mass is 10.2. The molecule has 2 heterocycles. The van der Waals surface area contributed by atoms with E-state index in [1.165, 1.54) is 4.88 Å². The Morgan fingerprint density at radius 2 is 2.21 bits per heavy atom. The summed E-state index contributed by atoms with van der Waals surface area (Å²) in [6.45, 7) is 10.4. The van der Waals surface area contributed by atoms with Gasteiger partial charge in [0.25, 0.3) is 0 Å². The minimum Gasteiger partial charge on any atom is -0.352 e. The van der Waals surface area contributed by atoms with Gasteiger partial charge in [-0.15, -0.1) is 11.3 Å². The van der Waals surface area contributed by atoms with Gasteiger partial charge in [0.15, 0.2) is 0 Å². The van der Waals surface area contributed by atoms with Gasteiger partial charge in [0.2, 0.25) is 5.91 Å². The Morgan fingerprint density at radius 3 is 2.68 bits per heavy atom. The van der Waals surface area contributed by atoms with Crippen LogP contribution in [0, 0.1) is 13.8 Å². The number of nitrogens with one attached hydrogen (secondary N) is 1. The quantitative estimate of drug-likeness (QED) is 0.900. The average molecular weight is 281 g/mol. The van der Waals surface area contributed by atoms with Crippen LogP contribution in [-0.2, 0) is 11.3 Å². The molecule has 0 saturated carbocycles. The molecule has 1 aliphatic heterocycles. The van der Waals surface area contributed by atoms with Gasteiger partial charge < -0.3 is 5.32 Å². The normalized spacial score (nSPS) is 19.5. The first-order chi connectivity index (χ1) is 8.95. The van der Waals surface area contributed by atoms with Gasteiger partial charge in [-0.3, -0.25) is 9.69 Å². The Morgan fingerprint density at radius 1 is 1.47 bits per heavy atom. The zero-order chi connectivity index (χ0) is 14.0. The first-order valence-corrected chi connectivity index (χ1v) is 7.73. The molecular formula is C14H23N3OS. The van der Waals surface area contributed by atoms with Crippen molar-refractivity contribution >= 4 is 17.2 Å². The van der Waals surface area contributed by atoms with Gasteiger partial charge in [-0.1, -0.05) is 0 Å². The second kappa shape index (κ2) is 6.01. The summed E-state index contributed by atoms with van der Waals surface area (Å²) in [4.78, 5) is 19.5. The zero-order valence-electron chi connectivity index (χ0n) is 12.2. The van der Waals surface area contributed by atoms with Gasteiger partial charge in [0.1, 0.15) is 0 Å². The molecule has 1 aliphatic rings. The first kappa shape index (κ1) is 14.5. The van der Waals surface area contributed by atoms with Crippen LogP contribution < -0.4 is 5.32 Å². The summed E-state index contributed by atoms with van der Waals surface area (Å²) in [5.41, 5.74) is 1.14. The highest BCUT2D eigenvalue weighted by Gasteiger charge is 2.24. The molecule has 1 N–H and O–H groups in total. The number of carbonyl (C=O) groups excluding carboxylic acids is 1. The molecule has 1 saturated heterocycles. The molecule has 0 bridgehead atoms. The average Bonchev–Trinajstić information content (AvgIpc) is 2.85. The number of rotatable bonds is 5. The Kier molecular flexibility index (Phi) is 4.58. The molecule has 0 radical (unpaired) electrons. The van der Waals surface area contributed by atoms with Gasteiger partial charge in [0.05, 0.1) is 10.7 Å². The monoisotopic (exact) mass is 281 g/mol. The van der Waals surface area contributed by atoms with Gasteiger partial charge in [-0.05, 0) is 34.1 Å². The van der Waals surface area contributed by atoms with Crippen LogP contribution in [0.5, 0.6) is 0 Å². The fourth-order valence-corrected chi connectivity index (χ4v) is 3.42. The summed E-state index contributed by atoms with van der Waals surface area (Å²) in [7, 11) is 0. The van der Waals surface area contributed by atoms with Crippen LogP contribution in [0.1, 0.15) is 42.3 Å². The Balaban J connectivity index is 2.00. The van der Waals surface area contributed by atoms with Crippen molar-refractivity contribution in [3.8, 4) is 0 Å². The van der Waals surface area contributed by atoms with Crippen molar-refractivity contribution in [3.63, 3.8) is 0 Å². The number of hydrogen-bond donors (Lipinski definition) is 1. The number of aromatic nitrogens is 1. The van der Waals surface area contributed by atoms with Crippen LogP contribution >= 0.6 is 11.3 Å². The number of amides is 1. The predicted molar refractivity (Wildman–Crippen MR) is 78.3 cm³/mol. The molecule has 1 amide bonds. The minimum absolute atomic E-state index is 0.193. The maximum atomic E-state index is 11.3. The van der Waals surface area contributed by atoms with E-state index in [-0.39, 0.29) is 5.91 Å². The number of aryl methyl sites for hydroxylation is 2. The Bertz CT molecular complexity index is 456. The molecule has 1 fully saturated rings. The van der Waals surface area contributed by atoms with Crippen LogP contribution in [0.15, 0.2) is 0 Å². The highest BCUT2D eigenvalue weighted by molar-refractivity contribution is 7.11. The molecule has 19 heavy (non-hydrogen) atoms. The smallest absolute Gasteiger partial charge is 0.220 e. The Labute approximate surface area is 119 Å². The third kappa shape index (κ3) is 3.76. The third-order valence-corrected chi connectivity index (χ3v) is 4.67. The van der Waals surface area contributed by atoms with Crippen molar-refractivity contribution in [1.29, 1.82) is 0 Å². The van der Waals surface area contributed by atoms with Crippen LogP contribution in [0.4, 0.5) is 0 Å². The maximum absolute atomic E-state index is 11.3. The van der Waals surface area contributed by atoms with Gasteiger partial charge in [-0.2, -0.15) is 0 Å². The lowest BCUT2D eigenvalue weighted by Crippen LogP contribution is -2.41. The standard InChI is InChI=1S/C14H23N3OS/c1-9(2)17(7-12-5-6-14(18)16-12)8-13-10(3)15-11(4)19-13/h9,12H,5-8H2,1-4H3,(H,16,18)/t12-/m1/s1. The fourth-order valence-electron chi connectivity index (χ4n) is 2.46. The lowest BCUT2D eigenvalue weighted by Gasteiger charge is -2.28. The molecule has 0 aromatic carbocycles. The topological polar surface area (TPSA) is 45.2 Å². The summed E-state index contributed by atoms with van der Waals surface area (Å²) in [6, 6.07) is 0.781. The summed E-state index contributed by atoms with van der Waals surface area (Å²) >= 11 is 1.78. The molecule has 0 spiro atoms. The largest absolute Gasteiger partial charge is 0.352 e. The minimum atomic E-state index is 0.193. The summed E-state index contributed by atoms with van der Waals surface area (Å²) in [5, 5.41) is 4.18. The van der Waals surface area contributed by atoms with E-state index in [9.17, 15) is 4.79 Å². The first-order valence-electron chi connectivity index (χ1n) is 6.92. The second-order valence-electron chi connectivity index (χ2n) is 5.57. The van der Waals surface area contributed by atoms with Crippen molar-refractivity contribution in [1.82, 2.24) is 15.2 Å².